The molecule has 1 fully saturated rings. The molecule has 1 rings (SSSR count). The quantitative estimate of drug-likeness (QED) is 0.624. The van der Waals surface area contributed by atoms with E-state index < -0.39 is 9.84 Å². The average molecular weight is 191 g/mol. The molecule has 0 heterocycles. The second-order valence-corrected chi connectivity index (χ2v) is 5.79. The second-order valence-electron chi connectivity index (χ2n) is 3.32. The van der Waals surface area contributed by atoms with Gasteiger partial charge in [0.1, 0.15) is 9.84 Å². The van der Waals surface area contributed by atoms with Gasteiger partial charge < -0.3 is 5.32 Å². The van der Waals surface area contributed by atoms with Gasteiger partial charge in [0.05, 0.1) is 5.75 Å². The van der Waals surface area contributed by atoms with Crippen molar-refractivity contribution in [2.45, 2.75) is 32.2 Å². The van der Waals surface area contributed by atoms with Gasteiger partial charge in [-0.2, -0.15) is 0 Å². The van der Waals surface area contributed by atoms with Crippen LogP contribution in [0.15, 0.2) is 0 Å². The molecule has 0 aliphatic heterocycles. The van der Waals surface area contributed by atoms with E-state index in [1.807, 2.05) is 0 Å². The molecule has 0 atom stereocenters. The minimum Gasteiger partial charge on any atom is -0.314 e. The van der Waals surface area contributed by atoms with Crippen molar-refractivity contribution in [2.24, 2.45) is 0 Å². The zero-order valence-electron chi connectivity index (χ0n) is 7.54. The Bertz CT molecular complexity index is 219. The maximum atomic E-state index is 11.0. The summed E-state index contributed by atoms with van der Waals surface area (Å²) in [6.45, 7) is 2.55. The van der Waals surface area contributed by atoms with Crippen LogP contribution in [0, 0.1) is 0 Å². The Morgan fingerprint density at radius 3 is 2.58 bits per heavy atom. The first-order valence-corrected chi connectivity index (χ1v) is 6.40. The Morgan fingerprint density at radius 1 is 1.42 bits per heavy atom. The third-order valence-electron chi connectivity index (χ3n) is 2.08. The number of nitrogens with one attached hydrogen (secondary N) is 1. The van der Waals surface area contributed by atoms with Crippen LogP contribution in [0.2, 0.25) is 0 Å². The fraction of sp³-hybridized carbons (Fsp3) is 1.00. The first-order chi connectivity index (χ1) is 5.64. The maximum Gasteiger partial charge on any atom is 0.150 e. The summed E-state index contributed by atoms with van der Waals surface area (Å²) < 4.78 is 22.1. The lowest BCUT2D eigenvalue weighted by atomic mass is 10.5. The number of hydrogen-bond acceptors (Lipinski definition) is 3. The smallest absolute Gasteiger partial charge is 0.150 e. The summed E-state index contributed by atoms with van der Waals surface area (Å²) in [5, 5.41) is 3.29. The summed E-state index contributed by atoms with van der Waals surface area (Å²) in [6.07, 6.45) is 3.29. The van der Waals surface area contributed by atoms with Gasteiger partial charge in [-0.25, -0.2) is 8.42 Å². The van der Waals surface area contributed by atoms with E-state index in [4.69, 9.17) is 0 Å². The normalized spacial score (nSPS) is 18.1. The van der Waals surface area contributed by atoms with E-state index in [0.29, 0.717) is 11.8 Å². The zero-order valence-corrected chi connectivity index (χ0v) is 8.36. The Kier molecular flexibility index (Phi) is 3.53. The lowest BCUT2D eigenvalue weighted by molar-refractivity contribution is 0.589. The van der Waals surface area contributed by atoms with E-state index in [-0.39, 0.29) is 5.75 Å². The minimum atomic E-state index is -2.74. The molecule has 1 aliphatic carbocycles. The molecule has 0 bridgehead atoms. The molecule has 1 N–H and O–H groups in total. The van der Waals surface area contributed by atoms with Crippen molar-refractivity contribution in [1.82, 2.24) is 5.32 Å². The lowest BCUT2D eigenvalue weighted by Gasteiger charge is -2.02. The van der Waals surface area contributed by atoms with Gasteiger partial charge in [-0.1, -0.05) is 6.92 Å². The summed E-state index contributed by atoms with van der Waals surface area (Å²) >= 11 is 0. The van der Waals surface area contributed by atoms with Crippen LogP contribution in [0.1, 0.15) is 26.2 Å². The van der Waals surface area contributed by atoms with Gasteiger partial charge in [-0.3, -0.25) is 0 Å². The Hall–Kier alpha value is -0.0900. The summed E-state index contributed by atoms with van der Waals surface area (Å²) in [6, 6.07) is 0.689. The van der Waals surface area contributed by atoms with Crippen molar-refractivity contribution >= 4 is 9.84 Å². The van der Waals surface area contributed by atoms with Gasteiger partial charge in [0, 0.05) is 11.8 Å². The molecule has 0 unspecified atom stereocenters. The molecule has 0 radical (unpaired) electrons. The summed E-state index contributed by atoms with van der Waals surface area (Å²) in [5.74, 6) is 0.611. The fourth-order valence-corrected chi connectivity index (χ4v) is 1.90. The molecule has 0 spiro atoms. The molecular formula is C8H17NO2S. The van der Waals surface area contributed by atoms with Crippen molar-refractivity contribution < 1.29 is 8.42 Å². The largest absolute Gasteiger partial charge is 0.314 e. The van der Waals surface area contributed by atoms with Crippen molar-refractivity contribution in [3.63, 3.8) is 0 Å². The topological polar surface area (TPSA) is 46.2 Å². The minimum absolute atomic E-state index is 0.274. The molecule has 0 saturated heterocycles. The van der Waals surface area contributed by atoms with Crippen LogP contribution in [-0.4, -0.2) is 32.5 Å². The highest BCUT2D eigenvalue weighted by atomic mass is 32.2. The molecule has 12 heavy (non-hydrogen) atoms. The number of sulfone groups is 1. The summed E-state index contributed by atoms with van der Waals surface area (Å²) in [7, 11) is -2.74. The molecule has 0 aromatic carbocycles. The molecule has 1 aliphatic rings. The predicted octanol–water partition coefficient (Wildman–Crippen LogP) is 0.563. The van der Waals surface area contributed by atoms with Gasteiger partial charge in [0.2, 0.25) is 0 Å². The second kappa shape index (κ2) is 4.23. The van der Waals surface area contributed by atoms with Gasteiger partial charge in [0.15, 0.2) is 0 Å². The first kappa shape index (κ1) is 9.99. The fourth-order valence-electron chi connectivity index (χ4n) is 1.03. The average Bonchev–Trinajstić information content (AvgIpc) is 2.82. The van der Waals surface area contributed by atoms with E-state index in [1.165, 1.54) is 12.8 Å². The zero-order chi connectivity index (χ0) is 9.03. The van der Waals surface area contributed by atoms with Gasteiger partial charge in [-0.05, 0) is 25.8 Å². The van der Waals surface area contributed by atoms with E-state index in [1.54, 1.807) is 6.92 Å². The molecule has 4 heteroatoms. The summed E-state index contributed by atoms with van der Waals surface area (Å²) in [4.78, 5) is 0. The maximum absolute atomic E-state index is 11.0. The van der Waals surface area contributed by atoms with E-state index >= 15 is 0 Å². The van der Waals surface area contributed by atoms with Crippen LogP contribution in [0.5, 0.6) is 0 Å². The highest BCUT2D eigenvalue weighted by Gasteiger charge is 2.19. The van der Waals surface area contributed by atoms with Crippen LogP contribution in [0.25, 0.3) is 0 Å². The monoisotopic (exact) mass is 191 g/mol. The van der Waals surface area contributed by atoms with Gasteiger partial charge in [-0.15, -0.1) is 0 Å². The van der Waals surface area contributed by atoms with Crippen molar-refractivity contribution in [3.05, 3.63) is 0 Å². The predicted molar refractivity (Wildman–Crippen MR) is 50.0 cm³/mol. The molecule has 72 valence electrons. The van der Waals surface area contributed by atoms with Crippen molar-refractivity contribution in [1.29, 1.82) is 0 Å². The highest BCUT2D eigenvalue weighted by molar-refractivity contribution is 7.91. The molecule has 0 aromatic heterocycles. The van der Waals surface area contributed by atoms with Gasteiger partial charge in [0.25, 0.3) is 0 Å². The molecule has 0 aromatic rings. The van der Waals surface area contributed by atoms with Crippen LogP contribution in [-0.2, 0) is 9.84 Å². The first-order valence-electron chi connectivity index (χ1n) is 4.58. The third kappa shape index (κ3) is 4.07. The summed E-state index contributed by atoms with van der Waals surface area (Å²) in [5.41, 5.74) is 0. The standard InChI is InChI=1S/C8H17NO2S/c1-2-12(10,11)7-3-6-9-8-4-5-8/h8-9H,2-7H2,1H3. The van der Waals surface area contributed by atoms with E-state index in [2.05, 4.69) is 5.32 Å². The lowest BCUT2D eigenvalue weighted by Crippen LogP contribution is -2.20. The van der Waals surface area contributed by atoms with Gasteiger partial charge >= 0.3 is 0 Å². The SMILES string of the molecule is CCS(=O)(=O)CCCNC1CC1. The van der Waals surface area contributed by atoms with E-state index in [0.717, 1.165) is 13.0 Å². The van der Waals surface area contributed by atoms with Crippen LogP contribution in [0.3, 0.4) is 0 Å². The number of hydrogen-bond donors (Lipinski definition) is 1. The number of rotatable bonds is 6. The van der Waals surface area contributed by atoms with Crippen LogP contribution >= 0.6 is 0 Å². The van der Waals surface area contributed by atoms with E-state index in [9.17, 15) is 8.42 Å². The molecule has 1 saturated carbocycles. The Morgan fingerprint density at radius 2 is 2.08 bits per heavy atom. The Balaban J connectivity index is 2.00. The molecule has 3 nitrogen and oxygen atoms in total. The Labute approximate surface area is 74.5 Å². The van der Waals surface area contributed by atoms with Crippen molar-refractivity contribution in [3.8, 4) is 0 Å². The molecule has 0 amide bonds. The van der Waals surface area contributed by atoms with Crippen LogP contribution in [0.4, 0.5) is 0 Å². The molecular weight excluding hydrogens is 174 g/mol. The van der Waals surface area contributed by atoms with Crippen LogP contribution < -0.4 is 5.32 Å². The highest BCUT2D eigenvalue weighted by Crippen LogP contribution is 2.18. The third-order valence-corrected chi connectivity index (χ3v) is 3.87. The van der Waals surface area contributed by atoms with Crippen molar-refractivity contribution in [2.75, 3.05) is 18.1 Å².